The lowest BCUT2D eigenvalue weighted by atomic mass is 10.2. The Morgan fingerprint density at radius 1 is 1.17 bits per heavy atom. The molecule has 2 aromatic heterocycles. The monoisotopic (exact) mass is 425 g/mol. The SMILES string of the molecule is CN=C(C)C(=NC)C(=O)NCc1cn2ncc(CNC(=O)CCC(F)(F)F)cc2n1. The molecule has 30 heavy (non-hydrogen) atoms. The highest BCUT2D eigenvalue weighted by Gasteiger charge is 2.27. The molecule has 0 saturated heterocycles. The smallest absolute Gasteiger partial charge is 0.352 e. The number of aliphatic imine (C=N–C) groups is 2. The number of rotatable bonds is 8. The quantitative estimate of drug-likeness (QED) is 0.624. The van der Waals surface area contributed by atoms with Crippen LogP contribution in [0, 0.1) is 0 Å². The topological polar surface area (TPSA) is 113 Å². The number of carbonyl (C=O) groups is 2. The Morgan fingerprint density at radius 3 is 2.53 bits per heavy atom. The maximum Gasteiger partial charge on any atom is 0.389 e. The Morgan fingerprint density at radius 2 is 1.90 bits per heavy atom. The number of hydrogen-bond acceptors (Lipinski definition) is 6. The summed E-state index contributed by atoms with van der Waals surface area (Å²) in [5, 5.41) is 9.28. The molecule has 0 spiro atoms. The second-order valence-corrected chi connectivity index (χ2v) is 6.35. The van der Waals surface area contributed by atoms with Gasteiger partial charge in [-0.2, -0.15) is 18.3 Å². The Bertz CT molecular complexity index is 980. The molecule has 2 rings (SSSR count). The van der Waals surface area contributed by atoms with Gasteiger partial charge in [-0.1, -0.05) is 0 Å². The first-order valence-corrected chi connectivity index (χ1v) is 8.98. The van der Waals surface area contributed by atoms with Crippen molar-refractivity contribution in [2.24, 2.45) is 9.98 Å². The molecule has 0 atom stereocenters. The van der Waals surface area contributed by atoms with E-state index in [9.17, 15) is 22.8 Å². The molecule has 0 unspecified atom stereocenters. The van der Waals surface area contributed by atoms with Gasteiger partial charge in [-0.05, 0) is 18.6 Å². The minimum Gasteiger partial charge on any atom is -0.352 e. The van der Waals surface area contributed by atoms with E-state index in [1.54, 1.807) is 26.2 Å². The van der Waals surface area contributed by atoms with Crippen molar-refractivity contribution in [2.75, 3.05) is 14.1 Å². The fourth-order valence-electron chi connectivity index (χ4n) is 2.48. The number of alkyl halides is 3. The predicted molar refractivity (Wildman–Crippen MR) is 104 cm³/mol. The summed E-state index contributed by atoms with van der Waals surface area (Å²) in [5.74, 6) is -1.08. The van der Waals surface area contributed by atoms with Gasteiger partial charge in [0.1, 0.15) is 5.71 Å². The first-order valence-electron chi connectivity index (χ1n) is 8.98. The summed E-state index contributed by atoms with van der Waals surface area (Å²) in [6.07, 6.45) is -3.06. The van der Waals surface area contributed by atoms with E-state index in [2.05, 4.69) is 30.7 Å². The summed E-state index contributed by atoms with van der Waals surface area (Å²) in [6, 6.07) is 1.65. The number of carbonyl (C=O) groups excluding carboxylic acids is 2. The molecule has 162 valence electrons. The van der Waals surface area contributed by atoms with Crippen molar-refractivity contribution in [3.8, 4) is 0 Å². The van der Waals surface area contributed by atoms with Gasteiger partial charge in [0, 0.05) is 27.1 Å². The molecule has 9 nitrogen and oxygen atoms in total. The van der Waals surface area contributed by atoms with Crippen LogP contribution >= 0.6 is 0 Å². The number of nitrogens with one attached hydrogen (secondary N) is 2. The van der Waals surface area contributed by atoms with Gasteiger partial charge < -0.3 is 10.6 Å². The fourth-order valence-corrected chi connectivity index (χ4v) is 2.48. The van der Waals surface area contributed by atoms with Crippen LogP contribution in [0.5, 0.6) is 0 Å². The van der Waals surface area contributed by atoms with Crippen LogP contribution in [-0.4, -0.2) is 58.1 Å². The molecule has 0 radical (unpaired) electrons. The molecule has 2 heterocycles. The van der Waals surface area contributed by atoms with Crippen LogP contribution in [0.4, 0.5) is 13.2 Å². The highest BCUT2D eigenvalue weighted by Crippen LogP contribution is 2.21. The number of fused-ring (bicyclic) bond motifs is 1. The molecule has 2 N–H and O–H groups in total. The summed E-state index contributed by atoms with van der Waals surface area (Å²) in [7, 11) is 3.07. The summed E-state index contributed by atoms with van der Waals surface area (Å²) >= 11 is 0. The molecule has 0 aliphatic carbocycles. The molecule has 12 heteroatoms. The first-order chi connectivity index (χ1) is 14.1. The highest BCUT2D eigenvalue weighted by molar-refractivity contribution is 6.66. The van der Waals surface area contributed by atoms with Crippen LogP contribution in [0.15, 0.2) is 28.4 Å². The molecule has 0 aromatic carbocycles. The van der Waals surface area contributed by atoms with Gasteiger partial charge in [0.2, 0.25) is 5.91 Å². The molecule has 0 aliphatic rings. The fraction of sp³-hybridized carbons (Fsp3) is 0.444. The average Bonchev–Trinajstić information content (AvgIpc) is 3.11. The van der Waals surface area contributed by atoms with Crippen LogP contribution in [0.25, 0.3) is 5.65 Å². The maximum atomic E-state index is 12.2. The number of nitrogens with zero attached hydrogens (tertiary/aromatic N) is 5. The molecule has 0 saturated carbocycles. The lowest BCUT2D eigenvalue weighted by Gasteiger charge is -2.07. The first kappa shape index (κ1) is 23.0. The molecular weight excluding hydrogens is 403 g/mol. The van der Waals surface area contributed by atoms with Crippen molar-refractivity contribution in [1.82, 2.24) is 25.2 Å². The molecule has 2 aromatic rings. The zero-order chi connectivity index (χ0) is 22.3. The van der Waals surface area contributed by atoms with Gasteiger partial charge >= 0.3 is 6.18 Å². The zero-order valence-corrected chi connectivity index (χ0v) is 16.7. The summed E-state index contributed by atoms with van der Waals surface area (Å²) in [4.78, 5) is 35.9. The van der Waals surface area contributed by atoms with Crippen LogP contribution in [-0.2, 0) is 22.7 Å². The van der Waals surface area contributed by atoms with Crippen LogP contribution in [0.2, 0.25) is 0 Å². The van der Waals surface area contributed by atoms with Gasteiger partial charge in [0.15, 0.2) is 5.65 Å². The Hall–Kier alpha value is -3.31. The minimum atomic E-state index is -4.37. The lowest BCUT2D eigenvalue weighted by Crippen LogP contribution is -2.34. The van der Waals surface area contributed by atoms with Crippen molar-refractivity contribution in [1.29, 1.82) is 0 Å². The second kappa shape index (κ2) is 9.94. The third-order valence-electron chi connectivity index (χ3n) is 4.10. The molecule has 2 amide bonds. The Labute approximate surface area is 170 Å². The largest absolute Gasteiger partial charge is 0.389 e. The molecular formula is C18H22F3N7O2. The summed E-state index contributed by atoms with van der Waals surface area (Å²) in [5.41, 5.74) is 2.33. The molecule has 0 aliphatic heterocycles. The predicted octanol–water partition coefficient (Wildman–Crippen LogP) is 1.47. The van der Waals surface area contributed by atoms with Crippen molar-refractivity contribution >= 4 is 28.9 Å². The summed E-state index contributed by atoms with van der Waals surface area (Å²) < 4.78 is 37.9. The number of imidazole rings is 1. The van der Waals surface area contributed by atoms with Gasteiger partial charge in [-0.3, -0.25) is 19.6 Å². The minimum absolute atomic E-state index is 0.0328. The van der Waals surface area contributed by atoms with Crippen molar-refractivity contribution in [3.05, 3.63) is 29.7 Å². The maximum absolute atomic E-state index is 12.2. The van der Waals surface area contributed by atoms with E-state index in [0.717, 1.165) is 0 Å². The zero-order valence-electron chi connectivity index (χ0n) is 16.7. The standard InChI is InChI=1S/C18H22F3N7O2/c1-11(22-2)16(23-3)17(30)25-9-13-10-28-14(27-13)6-12(8-26-28)7-24-15(29)4-5-18(19,20)21/h6,8,10H,4-5,7,9H2,1-3H3,(H,24,29)(H,25,30). The van der Waals surface area contributed by atoms with Crippen molar-refractivity contribution in [2.45, 2.75) is 39.0 Å². The third-order valence-corrected chi connectivity index (χ3v) is 4.10. The number of halogens is 3. The van der Waals surface area contributed by atoms with Crippen LogP contribution in [0.1, 0.15) is 31.0 Å². The van der Waals surface area contributed by atoms with Crippen molar-refractivity contribution in [3.63, 3.8) is 0 Å². The number of amides is 2. The Kier molecular flexibility index (Phi) is 7.61. The van der Waals surface area contributed by atoms with Gasteiger partial charge in [0.25, 0.3) is 5.91 Å². The molecule has 0 bridgehead atoms. The van der Waals surface area contributed by atoms with E-state index < -0.39 is 24.9 Å². The van der Waals surface area contributed by atoms with Gasteiger partial charge in [-0.15, -0.1) is 0 Å². The van der Waals surface area contributed by atoms with Gasteiger partial charge in [0.05, 0.1) is 36.8 Å². The number of hydrogen-bond donors (Lipinski definition) is 2. The Balaban J connectivity index is 1.96. The normalized spacial score (nSPS) is 12.9. The van der Waals surface area contributed by atoms with E-state index in [-0.39, 0.29) is 24.7 Å². The second-order valence-electron chi connectivity index (χ2n) is 6.35. The van der Waals surface area contributed by atoms with E-state index >= 15 is 0 Å². The van der Waals surface area contributed by atoms with E-state index in [4.69, 9.17) is 0 Å². The highest BCUT2D eigenvalue weighted by atomic mass is 19.4. The van der Waals surface area contributed by atoms with Crippen LogP contribution in [0.3, 0.4) is 0 Å². The molecule has 0 fully saturated rings. The average molecular weight is 425 g/mol. The van der Waals surface area contributed by atoms with Crippen LogP contribution < -0.4 is 10.6 Å². The van der Waals surface area contributed by atoms with E-state index in [1.807, 2.05) is 0 Å². The van der Waals surface area contributed by atoms with E-state index in [0.29, 0.717) is 22.6 Å². The van der Waals surface area contributed by atoms with E-state index in [1.165, 1.54) is 17.8 Å². The lowest BCUT2D eigenvalue weighted by molar-refractivity contribution is -0.144. The third kappa shape index (κ3) is 6.64. The summed E-state index contributed by atoms with van der Waals surface area (Å²) in [6.45, 7) is 1.85. The number of aromatic nitrogens is 3. The van der Waals surface area contributed by atoms with Crippen molar-refractivity contribution < 1.29 is 22.8 Å². The van der Waals surface area contributed by atoms with Gasteiger partial charge in [-0.25, -0.2) is 9.50 Å².